The minimum absolute atomic E-state index is 0.192. The number of halogens is 1. The van der Waals surface area contributed by atoms with Gasteiger partial charge in [-0.2, -0.15) is 0 Å². The third-order valence-electron chi connectivity index (χ3n) is 3.55. The maximum atomic E-state index is 11.0. The number of aryl methyl sites for hydroxylation is 1. The van der Waals surface area contributed by atoms with Crippen LogP contribution in [0.1, 0.15) is 36.8 Å². The molecule has 0 saturated heterocycles. The van der Waals surface area contributed by atoms with Crippen LogP contribution in [0.4, 0.5) is 0 Å². The van der Waals surface area contributed by atoms with Crippen molar-refractivity contribution in [3.63, 3.8) is 0 Å². The standard InChI is InChI=1S/C13H15ClO2/c1-9-4-2-5-10(14)12(9)13(6-3-7-13)8-11(15)16/h2,4-5H,3,6-8H2,1H3,(H,15,16). The summed E-state index contributed by atoms with van der Waals surface area (Å²) in [5, 5.41) is 9.72. The molecule has 1 saturated carbocycles. The largest absolute Gasteiger partial charge is 0.481 e. The Bertz CT molecular complexity index is 402. The summed E-state index contributed by atoms with van der Waals surface area (Å²) < 4.78 is 0. The van der Waals surface area contributed by atoms with E-state index >= 15 is 0 Å². The molecule has 16 heavy (non-hydrogen) atoms. The highest BCUT2D eigenvalue weighted by molar-refractivity contribution is 6.31. The van der Waals surface area contributed by atoms with Crippen LogP contribution < -0.4 is 0 Å². The van der Waals surface area contributed by atoms with E-state index in [1.54, 1.807) is 0 Å². The van der Waals surface area contributed by atoms with Crippen LogP contribution in [0, 0.1) is 6.92 Å². The highest BCUT2D eigenvalue weighted by Crippen LogP contribution is 2.49. The van der Waals surface area contributed by atoms with Crippen molar-refractivity contribution in [2.45, 2.75) is 38.0 Å². The molecule has 1 N–H and O–H groups in total. The van der Waals surface area contributed by atoms with Crippen LogP contribution in [0.5, 0.6) is 0 Å². The van der Waals surface area contributed by atoms with Crippen molar-refractivity contribution >= 4 is 17.6 Å². The van der Waals surface area contributed by atoms with Gasteiger partial charge in [-0.25, -0.2) is 0 Å². The van der Waals surface area contributed by atoms with Crippen molar-refractivity contribution in [3.8, 4) is 0 Å². The Hall–Kier alpha value is -1.02. The first-order valence-corrected chi connectivity index (χ1v) is 5.90. The van der Waals surface area contributed by atoms with Crippen LogP contribution in [0.2, 0.25) is 5.02 Å². The molecule has 0 unspecified atom stereocenters. The molecular weight excluding hydrogens is 224 g/mol. The lowest BCUT2D eigenvalue weighted by Gasteiger charge is -2.42. The Morgan fingerprint density at radius 2 is 2.19 bits per heavy atom. The first-order chi connectivity index (χ1) is 7.55. The van der Waals surface area contributed by atoms with Gasteiger partial charge in [-0.15, -0.1) is 0 Å². The van der Waals surface area contributed by atoms with E-state index in [1.807, 2.05) is 25.1 Å². The summed E-state index contributed by atoms with van der Waals surface area (Å²) in [5.41, 5.74) is 1.94. The zero-order chi connectivity index (χ0) is 11.8. The maximum absolute atomic E-state index is 11.0. The summed E-state index contributed by atoms with van der Waals surface area (Å²) in [4.78, 5) is 11.0. The monoisotopic (exact) mass is 238 g/mol. The summed E-state index contributed by atoms with van der Waals surface area (Å²) in [6.07, 6.45) is 3.16. The van der Waals surface area contributed by atoms with Gasteiger partial charge in [-0.1, -0.05) is 30.2 Å². The highest BCUT2D eigenvalue weighted by Gasteiger charge is 2.42. The molecule has 0 radical (unpaired) electrons. The topological polar surface area (TPSA) is 37.3 Å². The van der Waals surface area contributed by atoms with Crippen LogP contribution >= 0.6 is 11.6 Å². The summed E-state index contributed by atoms with van der Waals surface area (Å²) in [7, 11) is 0. The molecule has 86 valence electrons. The average molecular weight is 239 g/mol. The highest BCUT2D eigenvalue weighted by atomic mass is 35.5. The molecule has 0 bridgehead atoms. The number of carboxylic acids is 1. The van der Waals surface area contributed by atoms with Crippen LogP contribution in [0.15, 0.2) is 18.2 Å². The fourth-order valence-corrected chi connectivity index (χ4v) is 3.13. The first kappa shape index (κ1) is 11.5. The summed E-state index contributed by atoms with van der Waals surface area (Å²) in [6.45, 7) is 2.00. The van der Waals surface area contributed by atoms with Gasteiger partial charge in [-0.05, 0) is 37.0 Å². The van der Waals surface area contributed by atoms with E-state index in [0.29, 0.717) is 5.02 Å². The second-order valence-corrected chi connectivity index (χ2v) is 5.04. The smallest absolute Gasteiger partial charge is 0.304 e. The van der Waals surface area contributed by atoms with Gasteiger partial charge in [0.25, 0.3) is 0 Å². The van der Waals surface area contributed by atoms with Crippen molar-refractivity contribution in [2.75, 3.05) is 0 Å². The molecule has 1 fully saturated rings. The SMILES string of the molecule is Cc1cccc(Cl)c1C1(CC(=O)O)CCC1. The molecule has 1 aliphatic carbocycles. The van der Waals surface area contributed by atoms with E-state index in [0.717, 1.165) is 30.4 Å². The molecule has 2 rings (SSSR count). The van der Waals surface area contributed by atoms with Gasteiger partial charge in [0.15, 0.2) is 0 Å². The molecule has 0 aromatic heterocycles. The average Bonchev–Trinajstić information content (AvgIpc) is 2.12. The molecule has 0 aliphatic heterocycles. The molecule has 0 spiro atoms. The molecule has 3 heteroatoms. The number of rotatable bonds is 3. The van der Waals surface area contributed by atoms with Gasteiger partial charge in [-0.3, -0.25) is 4.79 Å². The van der Waals surface area contributed by atoms with Crippen molar-refractivity contribution < 1.29 is 9.90 Å². The Morgan fingerprint density at radius 3 is 2.62 bits per heavy atom. The molecule has 2 nitrogen and oxygen atoms in total. The molecule has 0 amide bonds. The van der Waals surface area contributed by atoms with E-state index in [-0.39, 0.29) is 11.8 Å². The van der Waals surface area contributed by atoms with E-state index in [4.69, 9.17) is 16.7 Å². The van der Waals surface area contributed by atoms with Crippen LogP contribution in [0.25, 0.3) is 0 Å². The van der Waals surface area contributed by atoms with Crippen LogP contribution in [-0.4, -0.2) is 11.1 Å². The van der Waals surface area contributed by atoms with E-state index in [1.165, 1.54) is 0 Å². The zero-order valence-electron chi connectivity index (χ0n) is 9.29. The van der Waals surface area contributed by atoms with Crippen molar-refractivity contribution in [2.24, 2.45) is 0 Å². The molecule has 1 aliphatic rings. The summed E-state index contributed by atoms with van der Waals surface area (Å²) in [6, 6.07) is 5.77. The number of carbonyl (C=O) groups is 1. The first-order valence-electron chi connectivity index (χ1n) is 5.52. The third-order valence-corrected chi connectivity index (χ3v) is 3.87. The van der Waals surface area contributed by atoms with E-state index in [9.17, 15) is 4.79 Å². The summed E-state index contributed by atoms with van der Waals surface area (Å²) in [5.74, 6) is -0.737. The second-order valence-electron chi connectivity index (χ2n) is 4.64. The van der Waals surface area contributed by atoms with Gasteiger partial charge in [0.1, 0.15) is 0 Å². The number of benzene rings is 1. The number of carboxylic acid groups (broad SMARTS) is 1. The Morgan fingerprint density at radius 1 is 1.50 bits per heavy atom. The van der Waals surface area contributed by atoms with Gasteiger partial charge >= 0.3 is 5.97 Å². The van der Waals surface area contributed by atoms with Gasteiger partial charge in [0.2, 0.25) is 0 Å². The van der Waals surface area contributed by atoms with Crippen molar-refractivity contribution in [1.29, 1.82) is 0 Å². The van der Waals surface area contributed by atoms with E-state index in [2.05, 4.69) is 0 Å². The lowest BCUT2D eigenvalue weighted by molar-refractivity contribution is -0.139. The lowest BCUT2D eigenvalue weighted by Crippen LogP contribution is -2.37. The molecule has 1 aromatic rings. The molecule has 0 atom stereocenters. The van der Waals surface area contributed by atoms with Crippen molar-refractivity contribution in [1.82, 2.24) is 0 Å². The van der Waals surface area contributed by atoms with Crippen LogP contribution in [0.3, 0.4) is 0 Å². The third kappa shape index (κ3) is 1.82. The lowest BCUT2D eigenvalue weighted by atomic mass is 9.61. The maximum Gasteiger partial charge on any atom is 0.304 e. The predicted molar refractivity (Wildman–Crippen MR) is 64.0 cm³/mol. The van der Waals surface area contributed by atoms with Crippen LogP contribution in [-0.2, 0) is 10.2 Å². The zero-order valence-corrected chi connectivity index (χ0v) is 10.0. The Kier molecular flexibility index (Phi) is 2.94. The molecular formula is C13H15ClO2. The fraction of sp³-hybridized carbons (Fsp3) is 0.462. The Labute approximate surface area is 100 Å². The van der Waals surface area contributed by atoms with Gasteiger partial charge < -0.3 is 5.11 Å². The fourth-order valence-electron chi connectivity index (χ4n) is 2.71. The number of aliphatic carboxylic acids is 1. The minimum atomic E-state index is -0.737. The van der Waals surface area contributed by atoms with E-state index < -0.39 is 5.97 Å². The second kappa shape index (κ2) is 4.10. The normalized spacial score (nSPS) is 17.9. The quantitative estimate of drug-likeness (QED) is 0.875. The Balaban J connectivity index is 2.44. The van der Waals surface area contributed by atoms with Gasteiger partial charge in [0.05, 0.1) is 6.42 Å². The van der Waals surface area contributed by atoms with Gasteiger partial charge in [0, 0.05) is 10.4 Å². The molecule has 1 aromatic carbocycles. The number of hydrogen-bond acceptors (Lipinski definition) is 1. The minimum Gasteiger partial charge on any atom is -0.481 e. The molecule has 0 heterocycles. The summed E-state index contributed by atoms with van der Waals surface area (Å²) >= 11 is 6.22. The van der Waals surface area contributed by atoms with Crippen molar-refractivity contribution in [3.05, 3.63) is 34.3 Å². The predicted octanol–water partition coefficient (Wildman–Crippen LogP) is 3.54. The number of hydrogen-bond donors (Lipinski definition) is 1.